The Morgan fingerprint density at radius 2 is 2.53 bits per heavy atom. The number of anilines is 1. The fourth-order valence-electron chi connectivity index (χ4n) is 1.87. The third kappa shape index (κ3) is 2.28. The van der Waals surface area contributed by atoms with E-state index >= 15 is 0 Å². The van der Waals surface area contributed by atoms with Crippen LogP contribution in [0, 0.1) is 5.92 Å². The first-order valence-electron chi connectivity index (χ1n) is 5.11. The van der Waals surface area contributed by atoms with Crippen LogP contribution >= 0.6 is 11.3 Å². The van der Waals surface area contributed by atoms with Crippen LogP contribution in [-0.2, 0) is 0 Å². The van der Waals surface area contributed by atoms with E-state index in [4.69, 9.17) is 5.11 Å². The van der Waals surface area contributed by atoms with Gasteiger partial charge in [-0.05, 0) is 18.8 Å². The van der Waals surface area contributed by atoms with Crippen molar-refractivity contribution in [2.75, 3.05) is 18.0 Å². The molecule has 2 rings (SSSR count). The van der Waals surface area contributed by atoms with Gasteiger partial charge in [-0.1, -0.05) is 18.3 Å². The van der Waals surface area contributed by atoms with Crippen molar-refractivity contribution in [2.45, 2.75) is 19.8 Å². The van der Waals surface area contributed by atoms with E-state index in [1.807, 2.05) is 0 Å². The van der Waals surface area contributed by atoms with E-state index in [1.165, 1.54) is 30.4 Å². The number of nitrogens with zero attached hydrogens (tertiary/aromatic N) is 2. The zero-order chi connectivity index (χ0) is 10.8. The highest BCUT2D eigenvalue weighted by atomic mass is 32.1. The Bertz CT molecular complexity index is 364. The van der Waals surface area contributed by atoms with Crippen LogP contribution in [-0.4, -0.2) is 29.1 Å². The highest BCUT2D eigenvalue weighted by molar-refractivity contribution is 7.17. The summed E-state index contributed by atoms with van der Waals surface area (Å²) in [5, 5.41) is 9.65. The number of thiazole rings is 1. The van der Waals surface area contributed by atoms with Crippen molar-refractivity contribution in [2.24, 2.45) is 5.92 Å². The van der Waals surface area contributed by atoms with E-state index in [2.05, 4.69) is 16.8 Å². The number of aromatic nitrogens is 1. The number of hydrogen-bond acceptors (Lipinski definition) is 4. The number of carboxylic acids is 1. The van der Waals surface area contributed by atoms with Crippen LogP contribution in [0.2, 0.25) is 0 Å². The summed E-state index contributed by atoms with van der Waals surface area (Å²) in [4.78, 5) is 17.4. The molecular weight excluding hydrogens is 212 g/mol. The molecule has 0 aromatic carbocycles. The van der Waals surface area contributed by atoms with E-state index in [1.54, 1.807) is 0 Å². The minimum absolute atomic E-state index is 0.322. The second-order valence-electron chi connectivity index (χ2n) is 4.01. The molecule has 0 spiro atoms. The van der Waals surface area contributed by atoms with Gasteiger partial charge in [0.2, 0.25) is 0 Å². The summed E-state index contributed by atoms with van der Waals surface area (Å²) in [5.74, 6) is -0.209. The summed E-state index contributed by atoms with van der Waals surface area (Å²) in [6.45, 7) is 4.21. The molecule has 1 aromatic rings. The van der Waals surface area contributed by atoms with Crippen molar-refractivity contribution in [3.63, 3.8) is 0 Å². The fraction of sp³-hybridized carbons (Fsp3) is 0.600. The first kappa shape index (κ1) is 10.4. The van der Waals surface area contributed by atoms with Gasteiger partial charge in [-0.25, -0.2) is 9.78 Å². The molecule has 1 aromatic heterocycles. The summed E-state index contributed by atoms with van der Waals surface area (Å²) in [6, 6.07) is 0. The van der Waals surface area contributed by atoms with Crippen molar-refractivity contribution in [1.29, 1.82) is 0 Å². The molecule has 1 atom stereocenters. The second-order valence-corrected chi connectivity index (χ2v) is 5.01. The molecule has 1 aliphatic heterocycles. The Morgan fingerprint density at radius 1 is 1.73 bits per heavy atom. The van der Waals surface area contributed by atoms with Crippen LogP contribution in [0.25, 0.3) is 0 Å². The minimum atomic E-state index is -0.885. The molecule has 5 heteroatoms. The predicted octanol–water partition coefficient (Wildman–Crippen LogP) is 2.08. The maximum absolute atomic E-state index is 10.7. The summed E-state index contributed by atoms with van der Waals surface area (Å²) in [6.07, 6.45) is 3.87. The Kier molecular flexibility index (Phi) is 2.90. The minimum Gasteiger partial charge on any atom is -0.477 e. The molecule has 1 fully saturated rings. The Hall–Kier alpha value is -1.10. The summed E-state index contributed by atoms with van der Waals surface area (Å²) in [5.41, 5.74) is 0. The lowest BCUT2D eigenvalue weighted by molar-refractivity contribution is 0.0702. The van der Waals surface area contributed by atoms with Gasteiger partial charge >= 0.3 is 5.97 Å². The monoisotopic (exact) mass is 226 g/mol. The van der Waals surface area contributed by atoms with Crippen molar-refractivity contribution in [3.05, 3.63) is 11.1 Å². The molecule has 1 N–H and O–H groups in total. The van der Waals surface area contributed by atoms with Crippen LogP contribution < -0.4 is 4.90 Å². The molecule has 0 aliphatic carbocycles. The quantitative estimate of drug-likeness (QED) is 0.838. The zero-order valence-electron chi connectivity index (χ0n) is 8.64. The van der Waals surface area contributed by atoms with Crippen LogP contribution in [0.4, 0.5) is 5.13 Å². The van der Waals surface area contributed by atoms with Gasteiger partial charge < -0.3 is 10.0 Å². The third-order valence-corrected chi connectivity index (χ3v) is 3.68. The smallest absolute Gasteiger partial charge is 0.347 e. The number of carbonyl (C=O) groups is 1. The molecule has 1 unspecified atom stereocenters. The van der Waals surface area contributed by atoms with Crippen LogP contribution in [0.15, 0.2) is 6.20 Å². The number of hydrogen-bond donors (Lipinski definition) is 1. The lowest BCUT2D eigenvalue weighted by Crippen LogP contribution is -2.34. The average molecular weight is 226 g/mol. The van der Waals surface area contributed by atoms with Gasteiger partial charge in [0.1, 0.15) is 4.88 Å². The van der Waals surface area contributed by atoms with E-state index in [-0.39, 0.29) is 0 Å². The molecule has 4 nitrogen and oxygen atoms in total. The van der Waals surface area contributed by atoms with Crippen molar-refractivity contribution >= 4 is 22.4 Å². The highest BCUT2D eigenvalue weighted by Crippen LogP contribution is 2.27. The van der Waals surface area contributed by atoms with Gasteiger partial charge in [0.25, 0.3) is 0 Å². The van der Waals surface area contributed by atoms with Gasteiger partial charge in [0.15, 0.2) is 5.13 Å². The van der Waals surface area contributed by atoms with E-state index < -0.39 is 5.97 Å². The van der Waals surface area contributed by atoms with Crippen molar-refractivity contribution in [1.82, 2.24) is 4.98 Å². The lowest BCUT2D eigenvalue weighted by atomic mass is 10.0. The standard InChI is InChI=1S/C10H14N2O2S/c1-7-3-2-4-12(6-7)10-11-5-8(15-10)9(13)14/h5,7H,2-4,6H2,1H3,(H,13,14). The highest BCUT2D eigenvalue weighted by Gasteiger charge is 2.20. The van der Waals surface area contributed by atoms with Crippen LogP contribution in [0.1, 0.15) is 29.4 Å². The van der Waals surface area contributed by atoms with Gasteiger partial charge in [-0.2, -0.15) is 0 Å². The van der Waals surface area contributed by atoms with Gasteiger partial charge in [-0.15, -0.1) is 0 Å². The molecule has 82 valence electrons. The zero-order valence-corrected chi connectivity index (χ0v) is 9.46. The first-order chi connectivity index (χ1) is 7.16. The maximum atomic E-state index is 10.7. The molecule has 1 saturated heterocycles. The van der Waals surface area contributed by atoms with E-state index in [0.717, 1.165) is 18.2 Å². The van der Waals surface area contributed by atoms with Gasteiger partial charge in [0.05, 0.1) is 6.20 Å². The SMILES string of the molecule is CC1CCCN(c2ncc(C(=O)O)s2)C1. The van der Waals surface area contributed by atoms with Gasteiger partial charge in [0, 0.05) is 13.1 Å². The predicted molar refractivity (Wildman–Crippen MR) is 59.7 cm³/mol. The number of carboxylic acid groups (broad SMARTS) is 1. The molecule has 2 heterocycles. The Labute approximate surface area is 92.6 Å². The molecule has 15 heavy (non-hydrogen) atoms. The summed E-state index contributed by atoms with van der Waals surface area (Å²) >= 11 is 1.26. The third-order valence-electron chi connectivity index (χ3n) is 2.63. The Balaban J connectivity index is 2.11. The average Bonchev–Trinajstić information content (AvgIpc) is 2.66. The molecule has 0 saturated carbocycles. The number of aromatic carboxylic acids is 1. The maximum Gasteiger partial charge on any atom is 0.347 e. The summed E-state index contributed by atoms with van der Waals surface area (Å²) in [7, 11) is 0. The van der Waals surface area contributed by atoms with E-state index in [9.17, 15) is 4.79 Å². The Morgan fingerprint density at radius 3 is 3.13 bits per heavy atom. The number of piperidine rings is 1. The first-order valence-corrected chi connectivity index (χ1v) is 5.92. The number of rotatable bonds is 2. The fourth-order valence-corrected chi connectivity index (χ4v) is 2.66. The largest absolute Gasteiger partial charge is 0.477 e. The summed E-state index contributed by atoms with van der Waals surface area (Å²) < 4.78 is 0. The van der Waals surface area contributed by atoms with Gasteiger partial charge in [-0.3, -0.25) is 0 Å². The molecular formula is C10H14N2O2S. The lowest BCUT2D eigenvalue weighted by Gasteiger charge is -2.30. The van der Waals surface area contributed by atoms with Crippen LogP contribution in [0.3, 0.4) is 0 Å². The molecule has 0 radical (unpaired) electrons. The van der Waals surface area contributed by atoms with Crippen molar-refractivity contribution < 1.29 is 9.90 Å². The second kappa shape index (κ2) is 4.18. The molecule has 1 aliphatic rings. The molecule has 0 amide bonds. The molecule has 0 bridgehead atoms. The van der Waals surface area contributed by atoms with Crippen LogP contribution in [0.5, 0.6) is 0 Å². The topological polar surface area (TPSA) is 53.4 Å². The van der Waals surface area contributed by atoms with E-state index in [0.29, 0.717) is 10.8 Å². The normalized spacial score (nSPS) is 21.7. The van der Waals surface area contributed by atoms with Crippen molar-refractivity contribution in [3.8, 4) is 0 Å².